The number of rotatable bonds is 10. The number of amides is 2. The largest absolute Gasteiger partial charge is 0.493 e. The molecular weight excluding hydrogens is 280 g/mol. The molecule has 22 heavy (non-hydrogen) atoms. The molecule has 0 fully saturated rings. The summed E-state index contributed by atoms with van der Waals surface area (Å²) in [7, 11) is 0. The molecule has 1 rings (SSSR count). The molecular formula is C17H26N2O3. The monoisotopic (exact) mass is 306 g/mol. The number of carbonyl (C=O) groups excluding carboxylic acids is 2. The lowest BCUT2D eigenvalue weighted by atomic mass is 10.3. The van der Waals surface area contributed by atoms with Crippen molar-refractivity contribution in [3.63, 3.8) is 0 Å². The average molecular weight is 306 g/mol. The average Bonchev–Trinajstić information content (AvgIpc) is 2.53. The smallest absolute Gasteiger partial charge is 0.241 e. The van der Waals surface area contributed by atoms with Crippen LogP contribution in [0, 0.1) is 0 Å². The van der Waals surface area contributed by atoms with Gasteiger partial charge < -0.3 is 15.0 Å². The van der Waals surface area contributed by atoms with Crippen molar-refractivity contribution in [2.45, 2.75) is 33.1 Å². The minimum Gasteiger partial charge on any atom is -0.493 e. The number of nitrogens with zero attached hydrogens (tertiary/aromatic N) is 1. The molecule has 1 aromatic carbocycles. The van der Waals surface area contributed by atoms with Crippen LogP contribution in [0.1, 0.15) is 33.1 Å². The summed E-state index contributed by atoms with van der Waals surface area (Å²) in [5.41, 5.74) is 0. The lowest BCUT2D eigenvalue weighted by molar-refractivity contribution is -0.133. The van der Waals surface area contributed by atoms with Crippen LogP contribution in [0.3, 0.4) is 0 Å². The van der Waals surface area contributed by atoms with Crippen LogP contribution < -0.4 is 10.1 Å². The molecule has 1 N–H and O–H groups in total. The third-order valence-electron chi connectivity index (χ3n) is 3.12. The van der Waals surface area contributed by atoms with Gasteiger partial charge in [0.25, 0.3) is 0 Å². The number of carbonyl (C=O) groups is 2. The molecule has 0 bridgehead atoms. The van der Waals surface area contributed by atoms with Crippen molar-refractivity contribution in [1.82, 2.24) is 10.2 Å². The van der Waals surface area contributed by atoms with Crippen molar-refractivity contribution in [1.29, 1.82) is 0 Å². The van der Waals surface area contributed by atoms with Crippen LogP contribution in [0.4, 0.5) is 0 Å². The Morgan fingerprint density at radius 3 is 2.32 bits per heavy atom. The topological polar surface area (TPSA) is 58.6 Å². The quantitative estimate of drug-likeness (QED) is 0.721. The molecule has 0 heterocycles. The Kier molecular flexibility index (Phi) is 8.72. The van der Waals surface area contributed by atoms with Crippen molar-refractivity contribution in [3.05, 3.63) is 30.3 Å². The molecule has 0 unspecified atom stereocenters. The third-order valence-corrected chi connectivity index (χ3v) is 3.12. The van der Waals surface area contributed by atoms with Gasteiger partial charge in [-0.05, 0) is 25.0 Å². The number of para-hydroxylation sites is 1. The van der Waals surface area contributed by atoms with E-state index >= 15 is 0 Å². The molecule has 122 valence electrons. The van der Waals surface area contributed by atoms with Crippen LogP contribution in [0.15, 0.2) is 30.3 Å². The van der Waals surface area contributed by atoms with Gasteiger partial charge in [0.1, 0.15) is 5.75 Å². The summed E-state index contributed by atoms with van der Waals surface area (Å²) in [6, 6.07) is 9.35. The molecule has 2 amide bonds. The molecule has 0 aliphatic carbocycles. The second kappa shape index (κ2) is 10.7. The Labute approximate surface area is 132 Å². The maximum absolute atomic E-state index is 12.0. The SMILES string of the molecule is CCCN(CCC)C(=O)CNC(=O)CCOc1ccccc1. The number of benzene rings is 1. The van der Waals surface area contributed by atoms with E-state index in [1.54, 1.807) is 4.90 Å². The highest BCUT2D eigenvalue weighted by atomic mass is 16.5. The number of nitrogens with one attached hydrogen (secondary N) is 1. The second-order valence-electron chi connectivity index (χ2n) is 5.07. The molecule has 0 saturated carbocycles. The summed E-state index contributed by atoms with van der Waals surface area (Å²) in [6.45, 7) is 5.91. The first-order valence-electron chi connectivity index (χ1n) is 7.89. The van der Waals surface area contributed by atoms with Gasteiger partial charge in [0.15, 0.2) is 0 Å². The van der Waals surface area contributed by atoms with Gasteiger partial charge in [0, 0.05) is 13.1 Å². The molecule has 5 nitrogen and oxygen atoms in total. The Hall–Kier alpha value is -2.04. The van der Waals surface area contributed by atoms with Gasteiger partial charge in [-0.25, -0.2) is 0 Å². The minimum atomic E-state index is -0.169. The van der Waals surface area contributed by atoms with Crippen molar-refractivity contribution < 1.29 is 14.3 Å². The zero-order valence-corrected chi connectivity index (χ0v) is 13.5. The van der Waals surface area contributed by atoms with E-state index in [-0.39, 0.29) is 24.8 Å². The van der Waals surface area contributed by atoms with Crippen LogP contribution >= 0.6 is 0 Å². The lowest BCUT2D eigenvalue weighted by Crippen LogP contribution is -2.41. The fourth-order valence-electron chi connectivity index (χ4n) is 2.05. The highest BCUT2D eigenvalue weighted by Gasteiger charge is 2.12. The maximum atomic E-state index is 12.0. The fraction of sp³-hybridized carbons (Fsp3) is 0.529. The van der Waals surface area contributed by atoms with Crippen LogP contribution in [0.2, 0.25) is 0 Å². The molecule has 0 aliphatic heterocycles. The van der Waals surface area contributed by atoms with Crippen molar-refractivity contribution in [2.24, 2.45) is 0 Å². The lowest BCUT2D eigenvalue weighted by Gasteiger charge is -2.21. The van der Waals surface area contributed by atoms with Gasteiger partial charge >= 0.3 is 0 Å². The molecule has 1 aromatic rings. The van der Waals surface area contributed by atoms with Gasteiger partial charge in [0.2, 0.25) is 11.8 Å². The summed E-state index contributed by atoms with van der Waals surface area (Å²) in [4.78, 5) is 25.5. The van der Waals surface area contributed by atoms with E-state index in [2.05, 4.69) is 5.32 Å². The number of hydrogen-bond donors (Lipinski definition) is 1. The van der Waals surface area contributed by atoms with Crippen LogP contribution in [0.25, 0.3) is 0 Å². The van der Waals surface area contributed by atoms with E-state index in [1.165, 1.54) is 0 Å². The Morgan fingerprint density at radius 2 is 1.73 bits per heavy atom. The Bertz CT molecular complexity index is 442. The van der Waals surface area contributed by atoms with E-state index in [4.69, 9.17) is 4.74 Å². The van der Waals surface area contributed by atoms with Gasteiger partial charge in [-0.2, -0.15) is 0 Å². The second-order valence-corrected chi connectivity index (χ2v) is 5.07. The highest BCUT2D eigenvalue weighted by Crippen LogP contribution is 2.08. The van der Waals surface area contributed by atoms with Crippen molar-refractivity contribution >= 4 is 11.8 Å². The van der Waals surface area contributed by atoms with E-state index < -0.39 is 0 Å². The summed E-state index contributed by atoms with van der Waals surface area (Å²) in [6.07, 6.45) is 2.08. The van der Waals surface area contributed by atoms with Crippen LogP contribution in [0.5, 0.6) is 5.75 Å². The highest BCUT2D eigenvalue weighted by molar-refractivity contribution is 5.84. The third kappa shape index (κ3) is 7.11. The summed E-state index contributed by atoms with van der Waals surface area (Å²) in [5, 5.41) is 2.66. The van der Waals surface area contributed by atoms with Crippen LogP contribution in [-0.2, 0) is 9.59 Å². The standard InChI is InChI=1S/C17H26N2O3/c1-3-11-19(12-4-2)17(21)14-18-16(20)10-13-22-15-8-6-5-7-9-15/h5-9H,3-4,10-14H2,1-2H3,(H,18,20). The summed E-state index contributed by atoms with van der Waals surface area (Å²) < 4.78 is 5.45. The van der Waals surface area contributed by atoms with Gasteiger partial charge in [-0.15, -0.1) is 0 Å². The normalized spacial score (nSPS) is 10.1. The van der Waals surface area contributed by atoms with E-state index in [1.807, 2.05) is 44.2 Å². The van der Waals surface area contributed by atoms with Gasteiger partial charge in [0.05, 0.1) is 19.6 Å². The van der Waals surface area contributed by atoms with Gasteiger partial charge in [-0.1, -0.05) is 32.0 Å². The van der Waals surface area contributed by atoms with Crippen molar-refractivity contribution in [3.8, 4) is 5.75 Å². The zero-order chi connectivity index (χ0) is 16.2. The Morgan fingerprint density at radius 1 is 1.09 bits per heavy atom. The maximum Gasteiger partial charge on any atom is 0.241 e. The first-order valence-corrected chi connectivity index (χ1v) is 7.89. The van der Waals surface area contributed by atoms with E-state index in [0.717, 1.165) is 31.7 Å². The molecule has 5 heteroatoms. The zero-order valence-electron chi connectivity index (χ0n) is 13.5. The molecule has 0 aromatic heterocycles. The van der Waals surface area contributed by atoms with E-state index in [9.17, 15) is 9.59 Å². The molecule has 0 atom stereocenters. The molecule has 0 spiro atoms. The molecule has 0 saturated heterocycles. The molecule has 0 radical (unpaired) electrons. The predicted molar refractivity (Wildman–Crippen MR) is 86.7 cm³/mol. The predicted octanol–water partition coefficient (Wildman–Crippen LogP) is 2.22. The number of hydrogen-bond acceptors (Lipinski definition) is 3. The fourth-order valence-corrected chi connectivity index (χ4v) is 2.05. The minimum absolute atomic E-state index is 0.0268. The number of ether oxygens (including phenoxy) is 1. The first-order chi connectivity index (χ1) is 10.7. The van der Waals surface area contributed by atoms with E-state index in [0.29, 0.717) is 6.61 Å². The van der Waals surface area contributed by atoms with Crippen LogP contribution in [-0.4, -0.2) is 43.0 Å². The summed E-state index contributed by atoms with van der Waals surface area (Å²) >= 11 is 0. The first kappa shape index (κ1) is 18.0. The van der Waals surface area contributed by atoms with Gasteiger partial charge in [-0.3, -0.25) is 9.59 Å². The summed E-state index contributed by atoms with van der Waals surface area (Å²) in [5.74, 6) is 0.543. The molecule has 0 aliphatic rings. The Balaban J connectivity index is 2.22. The van der Waals surface area contributed by atoms with Crippen molar-refractivity contribution in [2.75, 3.05) is 26.2 Å².